The van der Waals surface area contributed by atoms with E-state index in [0.717, 1.165) is 38.5 Å². The van der Waals surface area contributed by atoms with Gasteiger partial charge >= 0.3 is 11.9 Å². The number of hydrogen-bond donors (Lipinski definition) is 0. The maximum Gasteiger partial charge on any atom is 0.306 e. The maximum absolute atomic E-state index is 11.7. The molecular formula is C16H26I2O4. The Kier molecular flexibility index (Phi) is 10.3. The largest absolute Gasteiger partial charge is 0.462 e. The summed E-state index contributed by atoms with van der Waals surface area (Å²) in [7, 11) is 0. The molecule has 2 unspecified atom stereocenters. The SMILES string of the molecule is CC(I)CCC(=O)OC1CCC(OC(=O)CCC(C)I)CC1. The summed E-state index contributed by atoms with van der Waals surface area (Å²) in [6, 6.07) is 0. The van der Waals surface area contributed by atoms with Crippen LogP contribution in [0.4, 0.5) is 0 Å². The van der Waals surface area contributed by atoms with E-state index in [9.17, 15) is 9.59 Å². The van der Waals surface area contributed by atoms with E-state index in [-0.39, 0.29) is 24.1 Å². The summed E-state index contributed by atoms with van der Waals surface area (Å²) in [4.78, 5) is 23.4. The second-order valence-electron chi connectivity index (χ2n) is 6.02. The molecule has 0 heterocycles. The molecule has 0 spiro atoms. The molecule has 0 aromatic heterocycles. The summed E-state index contributed by atoms with van der Waals surface area (Å²) in [5.41, 5.74) is 0. The zero-order valence-corrected chi connectivity index (χ0v) is 17.7. The molecule has 0 radical (unpaired) electrons. The molecule has 4 nitrogen and oxygen atoms in total. The molecule has 0 aliphatic heterocycles. The highest BCUT2D eigenvalue weighted by Crippen LogP contribution is 2.25. The van der Waals surface area contributed by atoms with E-state index < -0.39 is 0 Å². The molecule has 0 bridgehead atoms. The molecule has 0 saturated heterocycles. The standard InChI is InChI=1S/C16H26I2O4/c1-11(17)3-9-15(19)21-13-5-7-14(8-6-13)22-16(20)10-4-12(2)18/h11-14H,3-10H2,1-2H3. The monoisotopic (exact) mass is 536 g/mol. The second kappa shape index (κ2) is 11.0. The molecule has 1 saturated carbocycles. The number of esters is 2. The van der Waals surface area contributed by atoms with Crippen LogP contribution in [0.25, 0.3) is 0 Å². The molecule has 1 aliphatic rings. The van der Waals surface area contributed by atoms with Gasteiger partial charge in [0.15, 0.2) is 0 Å². The van der Waals surface area contributed by atoms with Crippen molar-refractivity contribution in [1.82, 2.24) is 0 Å². The van der Waals surface area contributed by atoms with Crippen molar-refractivity contribution in [3.63, 3.8) is 0 Å². The molecule has 0 amide bonds. The highest BCUT2D eigenvalue weighted by molar-refractivity contribution is 14.1. The number of carbonyl (C=O) groups excluding carboxylic acids is 2. The number of carbonyl (C=O) groups is 2. The summed E-state index contributed by atoms with van der Waals surface area (Å²) in [6.45, 7) is 4.18. The van der Waals surface area contributed by atoms with E-state index in [1.165, 1.54) is 0 Å². The Morgan fingerprint density at radius 3 is 1.45 bits per heavy atom. The molecule has 0 aromatic carbocycles. The number of ether oxygens (including phenoxy) is 2. The summed E-state index contributed by atoms with van der Waals surface area (Å²) in [5, 5.41) is 0. The van der Waals surface area contributed by atoms with Crippen LogP contribution in [0.15, 0.2) is 0 Å². The first-order chi connectivity index (χ1) is 10.4. The van der Waals surface area contributed by atoms with Gasteiger partial charge in [0.25, 0.3) is 0 Å². The first kappa shape index (κ1) is 20.4. The van der Waals surface area contributed by atoms with Crippen molar-refractivity contribution in [1.29, 1.82) is 0 Å². The van der Waals surface area contributed by atoms with Gasteiger partial charge in [0.05, 0.1) is 0 Å². The zero-order valence-electron chi connectivity index (χ0n) is 13.4. The molecule has 22 heavy (non-hydrogen) atoms. The van der Waals surface area contributed by atoms with Crippen molar-refractivity contribution >= 4 is 57.1 Å². The third kappa shape index (κ3) is 9.52. The van der Waals surface area contributed by atoms with Gasteiger partial charge in [0.1, 0.15) is 12.2 Å². The lowest BCUT2D eigenvalue weighted by atomic mass is 9.95. The van der Waals surface area contributed by atoms with E-state index in [0.29, 0.717) is 20.7 Å². The Balaban J connectivity index is 2.17. The lowest BCUT2D eigenvalue weighted by molar-refractivity contribution is -0.158. The van der Waals surface area contributed by atoms with E-state index in [2.05, 4.69) is 59.0 Å². The highest BCUT2D eigenvalue weighted by Gasteiger charge is 2.26. The van der Waals surface area contributed by atoms with Gasteiger partial charge in [-0.05, 0) is 38.5 Å². The van der Waals surface area contributed by atoms with E-state index in [4.69, 9.17) is 9.47 Å². The minimum Gasteiger partial charge on any atom is -0.462 e. The third-order valence-corrected chi connectivity index (χ3v) is 4.96. The summed E-state index contributed by atoms with van der Waals surface area (Å²) in [5.74, 6) is -0.194. The molecule has 0 aromatic rings. The average molecular weight is 536 g/mol. The second-order valence-corrected chi connectivity index (χ2v) is 10.3. The Bertz CT molecular complexity index is 316. The highest BCUT2D eigenvalue weighted by atomic mass is 127. The molecular weight excluding hydrogens is 510 g/mol. The van der Waals surface area contributed by atoms with Crippen LogP contribution < -0.4 is 0 Å². The average Bonchev–Trinajstić information content (AvgIpc) is 2.45. The van der Waals surface area contributed by atoms with Crippen molar-refractivity contribution in [3.05, 3.63) is 0 Å². The lowest BCUT2D eigenvalue weighted by Gasteiger charge is -2.28. The van der Waals surface area contributed by atoms with Gasteiger partial charge in [-0.3, -0.25) is 9.59 Å². The molecule has 1 fully saturated rings. The Hall–Kier alpha value is 0.400. The van der Waals surface area contributed by atoms with Crippen molar-refractivity contribution in [2.75, 3.05) is 0 Å². The first-order valence-electron chi connectivity index (χ1n) is 8.04. The fraction of sp³-hybridized carbons (Fsp3) is 0.875. The third-order valence-electron chi connectivity index (χ3n) is 3.71. The fourth-order valence-electron chi connectivity index (χ4n) is 2.39. The number of hydrogen-bond acceptors (Lipinski definition) is 4. The normalized spacial score (nSPS) is 24.4. The van der Waals surface area contributed by atoms with Crippen molar-refractivity contribution < 1.29 is 19.1 Å². The Morgan fingerprint density at radius 1 is 0.864 bits per heavy atom. The number of alkyl halides is 2. The van der Waals surface area contributed by atoms with Gasteiger partial charge in [0.2, 0.25) is 0 Å². The number of rotatable bonds is 8. The van der Waals surface area contributed by atoms with Crippen LogP contribution in [0.2, 0.25) is 0 Å². The van der Waals surface area contributed by atoms with E-state index in [1.807, 2.05) is 0 Å². The molecule has 128 valence electrons. The lowest BCUT2D eigenvalue weighted by Crippen LogP contribution is -2.29. The van der Waals surface area contributed by atoms with Crippen LogP contribution in [-0.2, 0) is 19.1 Å². The number of halogens is 2. The maximum atomic E-state index is 11.7. The minimum atomic E-state index is -0.0972. The minimum absolute atomic E-state index is 0.00124. The quantitative estimate of drug-likeness (QED) is 0.259. The molecule has 2 atom stereocenters. The topological polar surface area (TPSA) is 52.6 Å². The van der Waals surface area contributed by atoms with Crippen molar-refractivity contribution in [2.45, 2.75) is 85.3 Å². The van der Waals surface area contributed by atoms with Crippen LogP contribution in [0.5, 0.6) is 0 Å². The molecule has 1 aliphatic carbocycles. The predicted octanol–water partition coefficient (Wildman–Crippen LogP) is 4.59. The summed E-state index contributed by atoms with van der Waals surface area (Å²) < 4.78 is 12.0. The van der Waals surface area contributed by atoms with Gasteiger partial charge < -0.3 is 9.47 Å². The van der Waals surface area contributed by atoms with Crippen LogP contribution in [0, 0.1) is 0 Å². The van der Waals surface area contributed by atoms with Crippen LogP contribution in [0.3, 0.4) is 0 Å². The Labute approximate surface area is 160 Å². The van der Waals surface area contributed by atoms with Gasteiger partial charge in [-0.2, -0.15) is 0 Å². The van der Waals surface area contributed by atoms with Gasteiger partial charge in [-0.15, -0.1) is 0 Å². The summed E-state index contributed by atoms with van der Waals surface area (Å²) in [6.07, 6.45) is 5.91. The molecule has 0 N–H and O–H groups in total. The first-order valence-corrected chi connectivity index (χ1v) is 10.5. The summed E-state index contributed by atoms with van der Waals surface area (Å²) >= 11 is 4.63. The molecule has 1 rings (SSSR count). The van der Waals surface area contributed by atoms with Crippen LogP contribution in [0.1, 0.15) is 65.2 Å². The van der Waals surface area contributed by atoms with Gasteiger partial charge in [-0.1, -0.05) is 59.0 Å². The fourth-order valence-corrected chi connectivity index (χ4v) is 3.01. The zero-order chi connectivity index (χ0) is 16.5. The van der Waals surface area contributed by atoms with Gasteiger partial charge in [0, 0.05) is 20.7 Å². The van der Waals surface area contributed by atoms with E-state index >= 15 is 0 Å². The smallest absolute Gasteiger partial charge is 0.306 e. The van der Waals surface area contributed by atoms with Crippen molar-refractivity contribution in [3.8, 4) is 0 Å². The predicted molar refractivity (Wildman–Crippen MR) is 104 cm³/mol. The van der Waals surface area contributed by atoms with Gasteiger partial charge in [-0.25, -0.2) is 0 Å². The van der Waals surface area contributed by atoms with Crippen molar-refractivity contribution in [2.24, 2.45) is 0 Å². The van der Waals surface area contributed by atoms with Crippen LogP contribution >= 0.6 is 45.2 Å². The Morgan fingerprint density at radius 2 is 1.18 bits per heavy atom. The van der Waals surface area contributed by atoms with E-state index in [1.54, 1.807) is 0 Å². The van der Waals surface area contributed by atoms with Crippen LogP contribution in [-0.4, -0.2) is 32.0 Å². The molecule has 6 heteroatoms.